The highest BCUT2D eigenvalue weighted by molar-refractivity contribution is 7.07. The van der Waals surface area contributed by atoms with Crippen molar-refractivity contribution in [1.82, 2.24) is 20.1 Å². The number of aryl methyl sites for hydroxylation is 2. The Morgan fingerprint density at radius 3 is 2.84 bits per heavy atom. The first-order chi connectivity index (χ1) is 9.08. The van der Waals surface area contributed by atoms with E-state index in [-0.39, 0.29) is 5.91 Å². The molecule has 6 heteroatoms. The summed E-state index contributed by atoms with van der Waals surface area (Å²) in [5.74, 6) is 0.0186. The number of aromatic nitrogens is 3. The van der Waals surface area contributed by atoms with Crippen molar-refractivity contribution in [2.24, 2.45) is 7.05 Å². The number of thiazole rings is 1. The maximum atomic E-state index is 11.7. The van der Waals surface area contributed by atoms with Gasteiger partial charge in [-0.15, -0.1) is 11.3 Å². The van der Waals surface area contributed by atoms with Crippen LogP contribution in [0.5, 0.6) is 0 Å². The minimum Gasteiger partial charge on any atom is -0.355 e. The Morgan fingerprint density at radius 2 is 2.26 bits per heavy atom. The monoisotopic (exact) mass is 278 g/mol. The summed E-state index contributed by atoms with van der Waals surface area (Å²) in [7, 11) is 1.94. The molecule has 102 valence electrons. The third-order valence-electron chi connectivity index (χ3n) is 3.18. The summed E-state index contributed by atoms with van der Waals surface area (Å²) in [5.41, 5.74) is 5.98. The summed E-state index contributed by atoms with van der Waals surface area (Å²) in [6.45, 7) is 4.68. The Hall–Kier alpha value is -1.69. The Kier molecular flexibility index (Phi) is 4.31. The van der Waals surface area contributed by atoms with Gasteiger partial charge in [0.1, 0.15) is 0 Å². The first-order valence-corrected chi connectivity index (χ1v) is 7.15. The van der Waals surface area contributed by atoms with Gasteiger partial charge in [0.25, 0.3) is 0 Å². The average molecular weight is 278 g/mol. The molecule has 0 saturated heterocycles. The average Bonchev–Trinajstić information content (AvgIpc) is 2.93. The lowest BCUT2D eigenvalue weighted by Gasteiger charge is -2.05. The minimum absolute atomic E-state index is 0.0186. The molecule has 2 aromatic rings. The van der Waals surface area contributed by atoms with E-state index < -0.39 is 0 Å². The first kappa shape index (κ1) is 13.7. The highest BCUT2D eigenvalue weighted by Crippen LogP contribution is 2.11. The fraction of sp³-hybridized carbons (Fsp3) is 0.462. The van der Waals surface area contributed by atoms with Crippen LogP contribution in [0, 0.1) is 13.8 Å². The van der Waals surface area contributed by atoms with Crippen molar-refractivity contribution in [2.75, 3.05) is 6.54 Å². The van der Waals surface area contributed by atoms with Crippen LogP contribution >= 0.6 is 11.3 Å². The van der Waals surface area contributed by atoms with Crippen molar-refractivity contribution in [3.8, 4) is 0 Å². The zero-order valence-electron chi connectivity index (χ0n) is 11.4. The van der Waals surface area contributed by atoms with E-state index in [9.17, 15) is 4.79 Å². The van der Waals surface area contributed by atoms with Crippen LogP contribution in [-0.4, -0.2) is 27.2 Å². The quantitative estimate of drug-likeness (QED) is 0.899. The summed E-state index contributed by atoms with van der Waals surface area (Å²) in [6.07, 6.45) is 1.17. The zero-order chi connectivity index (χ0) is 13.8. The van der Waals surface area contributed by atoms with Gasteiger partial charge in [-0.2, -0.15) is 5.10 Å². The van der Waals surface area contributed by atoms with Crippen LogP contribution in [0.4, 0.5) is 0 Å². The van der Waals surface area contributed by atoms with Gasteiger partial charge in [-0.1, -0.05) is 0 Å². The summed E-state index contributed by atoms with van der Waals surface area (Å²) in [6, 6.07) is 0. The smallest absolute Gasteiger partial charge is 0.226 e. The van der Waals surface area contributed by atoms with Gasteiger partial charge < -0.3 is 5.32 Å². The van der Waals surface area contributed by atoms with Crippen molar-refractivity contribution >= 4 is 17.2 Å². The molecule has 0 spiro atoms. The van der Waals surface area contributed by atoms with Gasteiger partial charge in [0, 0.05) is 24.7 Å². The van der Waals surface area contributed by atoms with Crippen LogP contribution in [0.3, 0.4) is 0 Å². The van der Waals surface area contributed by atoms with Crippen LogP contribution in [0.25, 0.3) is 0 Å². The Balaban J connectivity index is 1.81. The maximum absolute atomic E-state index is 11.7. The lowest BCUT2D eigenvalue weighted by atomic mass is 10.1. The van der Waals surface area contributed by atoms with Gasteiger partial charge >= 0.3 is 0 Å². The van der Waals surface area contributed by atoms with Gasteiger partial charge in [-0.25, -0.2) is 4.98 Å². The highest BCUT2D eigenvalue weighted by Gasteiger charge is 2.10. The van der Waals surface area contributed by atoms with Gasteiger partial charge in [-0.3, -0.25) is 9.48 Å². The lowest BCUT2D eigenvalue weighted by molar-refractivity contribution is -0.120. The number of amides is 1. The molecule has 0 unspecified atom stereocenters. The first-order valence-electron chi connectivity index (χ1n) is 6.20. The summed E-state index contributed by atoms with van der Waals surface area (Å²) in [4.78, 5) is 15.8. The highest BCUT2D eigenvalue weighted by atomic mass is 32.1. The largest absolute Gasteiger partial charge is 0.355 e. The Labute approximate surface area is 116 Å². The number of rotatable bonds is 5. The molecule has 2 rings (SSSR count). The topological polar surface area (TPSA) is 59.8 Å². The summed E-state index contributed by atoms with van der Waals surface area (Å²) in [5, 5.41) is 9.18. The second-order valence-electron chi connectivity index (χ2n) is 4.53. The van der Waals surface area contributed by atoms with E-state index in [1.54, 1.807) is 5.51 Å². The van der Waals surface area contributed by atoms with E-state index in [2.05, 4.69) is 15.4 Å². The second-order valence-corrected chi connectivity index (χ2v) is 5.25. The van der Waals surface area contributed by atoms with Crippen molar-refractivity contribution < 1.29 is 4.79 Å². The van der Waals surface area contributed by atoms with E-state index in [1.807, 2.05) is 31.0 Å². The normalized spacial score (nSPS) is 10.7. The molecule has 0 aliphatic heterocycles. The van der Waals surface area contributed by atoms with Crippen molar-refractivity contribution in [2.45, 2.75) is 26.7 Å². The summed E-state index contributed by atoms with van der Waals surface area (Å²) < 4.78 is 1.88. The standard InChI is InChI=1S/C13H18N4OS/c1-9-12(10(2)17(3)16-9)4-5-14-13(18)6-11-7-19-8-15-11/h7-8H,4-6H2,1-3H3,(H,14,18). The van der Waals surface area contributed by atoms with Crippen LogP contribution < -0.4 is 5.32 Å². The molecular formula is C13H18N4OS. The second kappa shape index (κ2) is 5.97. The van der Waals surface area contributed by atoms with E-state index in [0.717, 1.165) is 23.5 Å². The molecule has 0 aliphatic carbocycles. The van der Waals surface area contributed by atoms with Gasteiger partial charge in [-0.05, 0) is 25.8 Å². The fourth-order valence-corrected chi connectivity index (χ4v) is 2.62. The third-order valence-corrected chi connectivity index (χ3v) is 3.82. The summed E-state index contributed by atoms with van der Waals surface area (Å²) >= 11 is 1.51. The van der Waals surface area contributed by atoms with Crippen molar-refractivity contribution in [3.63, 3.8) is 0 Å². The molecule has 2 aromatic heterocycles. The van der Waals surface area contributed by atoms with Crippen LogP contribution in [-0.2, 0) is 24.7 Å². The minimum atomic E-state index is 0.0186. The molecular weight excluding hydrogens is 260 g/mol. The number of hydrogen-bond acceptors (Lipinski definition) is 4. The molecule has 19 heavy (non-hydrogen) atoms. The molecule has 0 bridgehead atoms. The molecule has 0 saturated carbocycles. The van der Waals surface area contributed by atoms with E-state index in [4.69, 9.17) is 0 Å². The zero-order valence-corrected chi connectivity index (χ0v) is 12.3. The number of nitrogens with zero attached hydrogens (tertiary/aromatic N) is 3. The molecule has 0 fully saturated rings. The van der Waals surface area contributed by atoms with Crippen LogP contribution in [0.1, 0.15) is 22.6 Å². The fourth-order valence-electron chi connectivity index (χ4n) is 2.06. The van der Waals surface area contributed by atoms with Gasteiger partial charge in [0.15, 0.2) is 0 Å². The molecule has 5 nitrogen and oxygen atoms in total. The molecule has 1 N–H and O–H groups in total. The number of hydrogen-bond donors (Lipinski definition) is 1. The molecule has 0 aromatic carbocycles. The molecule has 0 aliphatic rings. The van der Waals surface area contributed by atoms with E-state index >= 15 is 0 Å². The van der Waals surface area contributed by atoms with Crippen molar-refractivity contribution in [1.29, 1.82) is 0 Å². The van der Waals surface area contributed by atoms with Crippen LogP contribution in [0.15, 0.2) is 10.9 Å². The van der Waals surface area contributed by atoms with Crippen LogP contribution in [0.2, 0.25) is 0 Å². The van der Waals surface area contributed by atoms with E-state index in [0.29, 0.717) is 13.0 Å². The molecule has 2 heterocycles. The lowest BCUT2D eigenvalue weighted by Crippen LogP contribution is -2.27. The van der Waals surface area contributed by atoms with Gasteiger partial charge in [0.2, 0.25) is 5.91 Å². The third kappa shape index (κ3) is 3.41. The predicted molar refractivity (Wildman–Crippen MR) is 75.2 cm³/mol. The Bertz CT molecular complexity index is 559. The van der Waals surface area contributed by atoms with Crippen molar-refractivity contribution in [3.05, 3.63) is 33.5 Å². The molecule has 0 radical (unpaired) electrons. The molecule has 0 atom stereocenters. The number of carbonyl (C=O) groups excluding carboxylic acids is 1. The predicted octanol–water partition coefficient (Wildman–Crippen LogP) is 1.39. The maximum Gasteiger partial charge on any atom is 0.226 e. The molecule has 1 amide bonds. The van der Waals surface area contributed by atoms with Gasteiger partial charge in [0.05, 0.1) is 23.3 Å². The Morgan fingerprint density at radius 1 is 1.47 bits per heavy atom. The SMILES string of the molecule is Cc1nn(C)c(C)c1CCNC(=O)Cc1cscn1. The number of carbonyl (C=O) groups is 1. The van der Waals surface area contributed by atoms with E-state index in [1.165, 1.54) is 16.9 Å². The number of nitrogens with one attached hydrogen (secondary N) is 1.